The van der Waals surface area contributed by atoms with E-state index in [0.29, 0.717) is 17.0 Å². The van der Waals surface area contributed by atoms with Gasteiger partial charge in [-0.25, -0.2) is 9.82 Å². The Hall–Kier alpha value is -1.50. The van der Waals surface area contributed by atoms with Crippen molar-refractivity contribution in [3.8, 4) is 5.75 Å². The Morgan fingerprint density at radius 2 is 2.16 bits per heavy atom. The summed E-state index contributed by atoms with van der Waals surface area (Å²) in [5, 5.41) is 0. The van der Waals surface area contributed by atoms with E-state index >= 15 is 0 Å². The first-order valence-corrected chi connectivity index (χ1v) is 6.36. The first-order valence-electron chi connectivity index (χ1n) is 5.56. The summed E-state index contributed by atoms with van der Waals surface area (Å²) in [5.74, 6) is 5.58. The summed E-state index contributed by atoms with van der Waals surface area (Å²) in [7, 11) is 1.49. The van der Waals surface area contributed by atoms with Gasteiger partial charge >= 0.3 is 0 Å². The summed E-state index contributed by atoms with van der Waals surface area (Å²) >= 11 is 3.30. The van der Waals surface area contributed by atoms with Crippen LogP contribution >= 0.6 is 15.9 Å². The van der Waals surface area contributed by atoms with Gasteiger partial charge in [0, 0.05) is 22.3 Å². The number of aromatic nitrogens is 1. The van der Waals surface area contributed by atoms with E-state index in [0.717, 1.165) is 4.47 Å². The number of ether oxygens (including phenoxy) is 1. The summed E-state index contributed by atoms with van der Waals surface area (Å²) in [4.78, 5) is 4.22. The third-order valence-corrected chi connectivity index (χ3v) is 3.20. The number of nitrogens with one attached hydrogen (secondary N) is 1. The molecular formula is C13H13BrFN3O. The van der Waals surface area contributed by atoms with E-state index in [9.17, 15) is 4.39 Å². The molecule has 0 aliphatic carbocycles. The summed E-state index contributed by atoms with van der Waals surface area (Å²) in [6.45, 7) is 0. The molecule has 1 aromatic carbocycles. The second kappa shape index (κ2) is 6.10. The molecule has 1 aromatic heterocycles. The van der Waals surface area contributed by atoms with E-state index < -0.39 is 11.9 Å². The molecule has 0 saturated heterocycles. The van der Waals surface area contributed by atoms with Crippen molar-refractivity contribution < 1.29 is 9.13 Å². The molecule has 3 N–H and O–H groups in total. The van der Waals surface area contributed by atoms with Crippen LogP contribution in [0.2, 0.25) is 0 Å². The zero-order chi connectivity index (χ0) is 13.8. The van der Waals surface area contributed by atoms with Crippen molar-refractivity contribution in [3.05, 3.63) is 58.1 Å². The van der Waals surface area contributed by atoms with Gasteiger partial charge in [0.2, 0.25) is 0 Å². The van der Waals surface area contributed by atoms with Crippen LogP contribution in [0.15, 0.2) is 41.0 Å². The first-order chi connectivity index (χ1) is 9.15. The van der Waals surface area contributed by atoms with Crippen molar-refractivity contribution in [1.29, 1.82) is 0 Å². The van der Waals surface area contributed by atoms with E-state index in [-0.39, 0.29) is 0 Å². The quantitative estimate of drug-likeness (QED) is 0.670. The van der Waals surface area contributed by atoms with Crippen LogP contribution in [0.1, 0.15) is 17.3 Å². The monoisotopic (exact) mass is 325 g/mol. The van der Waals surface area contributed by atoms with Crippen molar-refractivity contribution in [3.63, 3.8) is 0 Å². The predicted molar refractivity (Wildman–Crippen MR) is 74.1 cm³/mol. The third kappa shape index (κ3) is 3.09. The highest BCUT2D eigenvalue weighted by molar-refractivity contribution is 9.10. The van der Waals surface area contributed by atoms with Crippen molar-refractivity contribution in [2.45, 2.75) is 6.04 Å². The first kappa shape index (κ1) is 13.9. The second-order valence-electron chi connectivity index (χ2n) is 3.89. The fraction of sp³-hybridized carbons (Fsp3) is 0.154. The molecule has 19 heavy (non-hydrogen) atoms. The molecule has 2 rings (SSSR count). The fourth-order valence-electron chi connectivity index (χ4n) is 1.76. The SMILES string of the molecule is COc1ccc(C(NN)c2ccc(Br)cn2)c(F)c1. The molecule has 100 valence electrons. The Kier molecular flexibility index (Phi) is 4.47. The Balaban J connectivity index is 2.39. The molecule has 1 heterocycles. The van der Waals surface area contributed by atoms with Gasteiger partial charge in [-0.15, -0.1) is 0 Å². The van der Waals surface area contributed by atoms with Crippen LogP contribution in [0, 0.1) is 5.82 Å². The predicted octanol–water partition coefficient (Wildman–Crippen LogP) is 2.54. The lowest BCUT2D eigenvalue weighted by atomic mass is 10.0. The van der Waals surface area contributed by atoms with E-state index in [1.807, 2.05) is 6.07 Å². The zero-order valence-corrected chi connectivity index (χ0v) is 11.8. The van der Waals surface area contributed by atoms with Crippen LogP contribution in [0.25, 0.3) is 0 Å². The van der Waals surface area contributed by atoms with Crippen LogP contribution < -0.4 is 16.0 Å². The maximum absolute atomic E-state index is 14.0. The van der Waals surface area contributed by atoms with Crippen LogP contribution in [-0.4, -0.2) is 12.1 Å². The minimum absolute atomic E-state index is 0.396. The average Bonchev–Trinajstić information content (AvgIpc) is 2.43. The van der Waals surface area contributed by atoms with Gasteiger partial charge in [0.15, 0.2) is 0 Å². The van der Waals surface area contributed by atoms with Crippen LogP contribution in [0.4, 0.5) is 4.39 Å². The molecule has 1 atom stereocenters. The molecule has 0 aliphatic rings. The van der Waals surface area contributed by atoms with Crippen LogP contribution in [-0.2, 0) is 0 Å². The standard InChI is InChI=1S/C13H13BrFN3O/c1-19-9-3-4-10(11(15)6-9)13(18-16)12-5-2-8(14)7-17-12/h2-7,13,18H,16H2,1H3. The lowest BCUT2D eigenvalue weighted by molar-refractivity contribution is 0.410. The molecular weight excluding hydrogens is 313 g/mol. The van der Waals surface area contributed by atoms with Gasteiger partial charge in [-0.3, -0.25) is 10.8 Å². The van der Waals surface area contributed by atoms with Gasteiger partial charge in [-0.1, -0.05) is 6.07 Å². The normalized spacial score (nSPS) is 12.2. The molecule has 1 unspecified atom stereocenters. The number of benzene rings is 1. The maximum atomic E-state index is 14.0. The van der Waals surface area contributed by atoms with E-state index in [4.69, 9.17) is 10.6 Å². The average molecular weight is 326 g/mol. The van der Waals surface area contributed by atoms with Crippen LogP contribution in [0.3, 0.4) is 0 Å². The number of rotatable bonds is 4. The van der Waals surface area contributed by atoms with E-state index in [1.54, 1.807) is 24.4 Å². The fourth-order valence-corrected chi connectivity index (χ4v) is 2.00. The largest absolute Gasteiger partial charge is 0.497 e. The Morgan fingerprint density at radius 1 is 1.37 bits per heavy atom. The number of pyridine rings is 1. The number of hydrogen-bond donors (Lipinski definition) is 2. The highest BCUT2D eigenvalue weighted by atomic mass is 79.9. The smallest absolute Gasteiger partial charge is 0.132 e. The van der Waals surface area contributed by atoms with Gasteiger partial charge in [-0.05, 0) is 34.1 Å². The molecule has 0 saturated carbocycles. The highest BCUT2D eigenvalue weighted by Gasteiger charge is 2.18. The molecule has 0 bridgehead atoms. The van der Waals surface area contributed by atoms with Crippen molar-refractivity contribution in [1.82, 2.24) is 10.4 Å². The number of nitrogens with zero attached hydrogens (tertiary/aromatic N) is 1. The molecule has 0 fully saturated rings. The molecule has 0 radical (unpaired) electrons. The van der Waals surface area contributed by atoms with E-state index in [2.05, 4.69) is 26.3 Å². The lowest BCUT2D eigenvalue weighted by Crippen LogP contribution is -2.30. The second-order valence-corrected chi connectivity index (χ2v) is 4.80. The van der Waals surface area contributed by atoms with Gasteiger partial charge in [0.1, 0.15) is 11.6 Å². The Morgan fingerprint density at radius 3 is 2.68 bits per heavy atom. The highest BCUT2D eigenvalue weighted by Crippen LogP contribution is 2.26. The third-order valence-electron chi connectivity index (χ3n) is 2.73. The molecule has 0 spiro atoms. The minimum atomic E-state index is -0.515. The molecule has 6 heteroatoms. The lowest BCUT2D eigenvalue weighted by Gasteiger charge is -2.17. The maximum Gasteiger partial charge on any atom is 0.132 e. The summed E-state index contributed by atoms with van der Waals surface area (Å²) in [6, 6.07) is 7.72. The molecule has 0 amide bonds. The minimum Gasteiger partial charge on any atom is -0.497 e. The van der Waals surface area contributed by atoms with Crippen molar-refractivity contribution >= 4 is 15.9 Å². The topological polar surface area (TPSA) is 60.2 Å². The van der Waals surface area contributed by atoms with Crippen molar-refractivity contribution in [2.24, 2.45) is 5.84 Å². The Bertz CT molecular complexity index is 562. The van der Waals surface area contributed by atoms with Crippen LogP contribution in [0.5, 0.6) is 5.75 Å². The molecule has 4 nitrogen and oxygen atoms in total. The number of methoxy groups -OCH3 is 1. The summed E-state index contributed by atoms with van der Waals surface area (Å²) < 4.78 is 19.8. The van der Waals surface area contributed by atoms with Crippen molar-refractivity contribution in [2.75, 3.05) is 7.11 Å². The van der Waals surface area contributed by atoms with Gasteiger partial charge in [0.25, 0.3) is 0 Å². The summed E-state index contributed by atoms with van der Waals surface area (Å²) in [6.07, 6.45) is 1.64. The zero-order valence-electron chi connectivity index (χ0n) is 10.2. The van der Waals surface area contributed by atoms with Gasteiger partial charge in [0.05, 0.1) is 18.8 Å². The number of hydrogen-bond acceptors (Lipinski definition) is 4. The number of nitrogens with two attached hydrogens (primary N) is 1. The van der Waals surface area contributed by atoms with E-state index in [1.165, 1.54) is 13.2 Å². The Labute approximate surface area is 118 Å². The number of hydrazine groups is 1. The number of halogens is 2. The van der Waals surface area contributed by atoms with Gasteiger partial charge < -0.3 is 4.74 Å². The molecule has 2 aromatic rings. The van der Waals surface area contributed by atoms with Gasteiger partial charge in [-0.2, -0.15) is 0 Å². The summed E-state index contributed by atoms with van der Waals surface area (Å²) in [5.41, 5.74) is 3.62. The molecule has 0 aliphatic heterocycles.